The van der Waals surface area contributed by atoms with Crippen molar-refractivity contribution in [3.8, 4) is 5.69 Å². The molecule has 2 aromatic heterocycles. The molecule has 0 aliphatic rings. The number of aryl methyl sites for hydroxylation is 1. The van der Waals surface area contributed by atoms with Crippen LogP contribution in [0.2, 0.25) is 0 Å². The van der Waals surface area contributed by atoms with Crippen molar-refractivity contribution in [2.24, 2.45) is 5.73 Å². The van der Waals surface area contributed by atoms with E-state index in [0.717, 1.165) is 0 Å². The van der Waals surface area contributed by atoms with Crippen LogP contribution in [-0.2, 0) is 6.18 Å². The van der Waals surface area contributed by atoms with Gasteiger partial charge < -0.3 is 5.73 Å². The maximum absolute atomic E-state index is 13.6. The zero-order valence-corrected chi connectivity index (χ0v) is 14.3. The molecule has 0 saturated carbocycles. The molecule has 0 aliphatic heterocycles. The third-order valence-corrected chi connectivity index (χ3v) is 3.89. The lowest BCUT2D eigenvalue weighted by atomic mass is 10.0. The van der Waals surface area contributed by atoms with E-state index in [2.05, 4.69) is 10.1 Å². The van der Waals surface area contributed by atoms with Crippen LogP contribution in [0.3, 0.4) is 0 Å². The van der Waals surface area contributed by atoms with Gasteiger partial charge in [0.25, 0.3) is 5.91 Å². The summed E-state index contributed by atoms with van der Waals surface area (Å²) in [6.45, 7) is 1.56. The quantitative estimate of drug-likeness (QED) is 0.546. The monoisotopic (exact) mass is 392 g/mol. The highest BCUT2D eigenvalue weighted by Gasteiger charge is 2.32. The van der Waals surface area contributed by atoms with Crippen molar-refractivity contribution in [1.82, 2.24) is 14.8 Å². The molecular weight excluding hydrogens is 380 g/mol. The summed E-state index contributed by atoms with van der Waals surface area (Å²) in [5.74, 6) is -2.78. The molecule has 10 heteroatoms. The molecule has 0 unspecified atom stereocenters. The van der Waals surface area contributed by atoms with E-state index >= 15 is 0 Å². The number of hydrogen-bond acceptors (Lipinski definition) is 4. The van der Waals surface area contributed by atoms with Crippen LogP contribution in [0.15, 0.2) is 42.7 Å². The van der Waals surface area contributed by atoms with Crippen molar-refractivity contribution < 1.29 is 27.2 Å². The number of nitrogens with two attached hydrogens (primary N) is 1. The minimum Gasteiger partial charge on any atom is -0.365 e. The smallest absolute Gasteiger partial charge is 0.365 e. The van der Waals surface area contributed by atoms with Gasteiger partial charge in [-0.15, -0.1) is 0 Å². The van der Waals surface area contributed by atoms with E-state index in [9.17, 15) is 27.2 Å². The summed E-state index contributed by atoms with van der Waals surface area (Å²) in [5, 5.41) is 4.10. The van der Waals surface area contributed by atoms with Crippen LogP contribution in [0.4, 0.5) is 17.6 Å². The third-order valence-electron chi connectivity index (χ3n) is 3.89. The molecule has 0 spiro atoms. The van der Waals surface area contributed by atoms with Crippen LogP contribution in [0.25, 0.3) is 5.69 Å². The van der Waals surface area contributed by atoms with Gasteiger partial charge in [0.2, 0.25) is 5.78 Å². The number of hydrogen-bond donors (Lipinski definition) is 1. The molecule has 1 aromatic carbocycles. The average molecular weight is 392 g/mol. The number of rotatable bonds is 4. The highest BCUT2D eigenvalue weighted by atomic mass is 19.4. The van der Waals surface area contributed by atoms with E-state index < -0.39 is 34.8 Å². The van der Waals surface area contributed by atoms with Gasteiger partial charge in [-0.05, 0) is 37.3 Å². The SMILES string of the molecule is Cc1nn(-c2ccnc(C(=O)c3cc(F)cc(C(F)(F)F)c3)c2)cc1C(N)=O. The van der Waals surface area contributed by atoms with Crippen LogP contribution >= 0.6 is 0 Å². The predicted octanol–water partition coefficient (Wildman–Crippen LogP) is 3.06. The second-order valence-electron chi connectivity index (χ2n) is 5.89. The zero-order chi connectivity index (χ0) is 20.6. The minimum absolute atomic E-state index is 0.171. The summed E-state index contributed by atoms with van der Waals surface area (Å²) in [5.41, 5.74) is 4.10. The Bertz CT molecular complexity index is 1090. The van der Waals surface area contributed by atoms with Gasteiger partial charge in [-0.3, -0.25) is 14.6 Å². The normalized spacial score (nSPS) is 11.5. The summed E-state index contributed by atoms with van der Waals surface area (Å²) in [4.78, 5) is 27.7. The van der Waals surface area contributed by atoms with Crippen LogP contribution < -0.4 is 5.73 Å². The van der Waals surface area contributed by atoms with Crippen LogP contribution in [0.1, 0.15) is 37.7 Å². The largest absolute Gasteiger partial charge is 0.416 e. The number of alkyl halides is 3. The summed E-state index contributed by atoms with van der Waals surface area (Å²) >= 11 is 0. The summed E-state index contributed by atoms with van der Waals surface area (Å²) in [7, 11) is 0. The predicted molar refractivity (Wildman–Crippen MR) is 89.4 cm³/mol. The number of aromatic nitrogens is 3. The number of carbonyl (C=O) groups excluding carboxylic acids is 2. The Morgan fingerprint density at radius 1 is 1.14 bits per heavy atom. The van der Waals surface area contributed by atoms with Gasteiger partial charge in [0.05, 0.1) is 22.5 Å². The zero-order valence-electron chi connectivity index (χ0n) is 14.3. The van der Waals surface area contributed by atoms with Crippen LogP contribution in [0, 0.1) is 12.7 Å². The van der Waals surface area contributed by atoms with E-state index in [0.29, 0.717) is 29.6 Å². The van der Waals surface area contributed by atoms with Gasteiger partial charge in [-0.2, -0.15) is 18.3 Å². The van der Waals surface area contributed by atoms with Gasteiger partial charge in [0, 0.05) is 18.0 Å². The van der Waals surface area contributed by atoms with Gasteiger partial charge in [0.1, 0.15) is 11.5 Å². The number of primary amides is 1. The first-order valence-corrected chi connectivity index (χ1v) is 7.81. The van der Waals surface area contributed by atoms with E-state index in [1.807, 2.05) is 0 Å². The topological polar surface area (TPSA) is 90.9 Å². The maximum Gasteiger partial charge on any atom is 0.416 e. The van der Waals surface area contributed by atoms with Gasteiger partial charge in [-0.1, -0.05) is 0 Å². The molecule has 0 saturated heterocycles. The summed E-state index contributed by atoms with van der Waals surface area (Å²) in [6, 6.07) is 4.30. The second kappa shape index (κ2) is 6.87. The second-order valence-corrected chi connectivity index (χ2v) is 5.89. The highest BCUT2D eigenvalue weighted by Crippen LogP contribution is 2.31. The number of halogens is 4. The Labute approximate surface area is 155 Å². The number of carbonyl (C=O) groups is 2. The number of benzene rings is 1. The Hall–Kier alpha value is -3.56. The van der Waals surface area contributed by atoms with Crippen molar-refractivity contribution in [1.29, 1.82) is 0 Å². The Morgan fingerprint density at radius 2 is 1.86 bits per heavy atom. The van der Waals surface area contributed by atoms with Crippen molar-refractivity contribution in [2.75, 3.05) is 0 Å². The minimum atomic E-state index is -4.80. The molecule has 1 amide bonds. The van der Waals surface area contributed by atoms with Crippen molar-refractivity contribution >= 4 is 11.7 Å². The fourth-order valence-electron chi connectivity index (χ4n) is 2.55. The van der Waals surface area contributed by atoms with Crippen molar-refractivity contribution in [2.45, 2.75) is 13.1 Å². The molecule has 28 heavy (non-hydrogen) atoms. The summed E-state index contributed by atoms with van der Waals surface area (Å²) < 4.78 is 53.4. The number of nitrogens with zero attached hydrogens (tertiary/aromatic N) is 3. The first-order valence-electron chi connectivity index (χ1n) is 7.81. The van der Waals surface area contributed by atoms with Crippen LogP contribution in [-0.4, -0.2) is 26.5 Å². The maximum atomic E-state index is 13.6. The number of pyridine rings is 1. The first kappa shape index (κ1) is 19.2. The molecule has 0 atom stereocenters. The lowest BCUT2D eigenvalue weighted by molar-refractivity contribution is -0.137. The molecule has 3 aromatic rings. The van der Waals surface area contributed by atoms with E-state index in [4.69, 9.17) is 5.73 Å². The van der Waals surface area contributed by atoms with Gasteiger partial charge >= 0.3 is 6.18 Å². The average Bonchev–Trinajstić information content (AvgIpc) is 3.02. The lowest BCUT2D eigenvalue weighted by Crippen LogP contribution is -2.11. The lowest BCUT2D eigenvalue weighted by Gasteiger charge is -2.09. The molecule has 0 bridgehead atoms. The molecule has 0 aliphatic carbocycles. The Balaban J connectivity index is 2.01. The molecule has 144 valence electrons. The van der Waals surface area contributed by atoms with Crippen molar-refractivity contribution in [3.63, 3.8) is 0 Å². The van der Waals surface area contributed by atoms with Gasteiger partial charge in [-0.25, -0.2) is 9.07 Å². The molecule has 0 fully saturated rings. The Morgan fingerprint density at radius 3 is 2.46 bits per heavy atom. The number of ketones is 1. The fourth-order valence-corrected chi connectivity index (χ4v) is 2.55. The highest BCUT2D eigenvalue weighted by molar-refractivity contribution is 6.08. The molecular formula is C18H12F4N4O2. The summed E-state index contributed by atoms with van der Waals surface area (Å²) in [6.07, 6.45) is -2.21. The molecule has 6 nitrogen and oxygen atoms in total. The third kappa shape index (κ3) is 3.75. The number of amides is 1. The molecule has 3 rings (SSSR count). The first-order chi connectivity index (χ1) is 13.1. The van der Waals surface area contributed by atoms with Crippen molar-refractivity contribution in [3.05, 3.63) is 76.6 Å². The Kier molecular flexibility index (Phi) is 4.72. The van der Waals surface area contributed by atoms with E-state index in [-0.39, 0.29) is 11.3 Å². The van der Waals surface area contributed by atoms with E-state index in [1.165, 1.54) is 29.2 Å². The molecule has 0 radical (unpaired) electrons. The van der Waals surface area contributed by atoms with Crippen LogP contribution in [0.5, 0.6) is 0 Å². The van der Waals surface area contributed by atoms with Gasteiger partial charge in [0.15, 0.2) is 0 Å². The molecule has 2 heterocycles. The molecule has 2 N–H and O–H groups in total. The van der Waals surface area contributed by atoms with E-state index in [1.54, 1.807) is 6.92 Å². The fraction of sp³-hybridized carbons (Fsp3) is 0.111. The standard InChI is InChI=1S/C18H12F4N4O2/c1-9-14(17(23)28)8-26(25-9)13-2-3-24-15(7-13)16(27)10-4-11(18(20,21)22)6-12(19)5-10/h2-8H,1H3,(H2,23,28).